The SMILES string of the molecule is CNCC1(O)CCN(c2ccccc2OC)CC1. The monoisotopic (exact) mass is 250 g/mol. The van der Waals surface area contributed by atoms with Crippen molar-refractivity contribution >= 4 is 5.69 Å². The van der Waals surface area contributed by atoms with Gasteiger partial charge >= 0.3 is 0 Å². The molecule has 18 heavy (non-hydrogen) atoms. The number of nitrogens with one attached hydrogen (secondary N) is 1. The van der Waals surface area contributed by atoms with Crippen molar-refractivity contribution in [2.75, 3.05) is 38.7 Å². The quantitative estimate of drug-likeness (QED) is 0.844. The molecule has 0 bridgehead atoms. The van der Waals surface area contributed by atoms with Crippen LogP contribution in [0.2, 0.25) is 0 Å². The highest BCUT2D eigenvalue weighted by Gasteiger charge is 2.32. The van der Waals surface area contributed by atoms with Gasteiger partial charge in [0.2, 0.25) is 0 Å². The number of methoxy groups -OCH3 is 1. The standard InChI is InChI=1S/C14H22N2O2/c1-15-11-14(17)7-9-16(10-8-14)12-5-3-4-6-13(12)18-2/h3-6,15,17H,7-11H2,1-2H3. The first kappa shape index (κ1) is 13.2. The Morgan fingerprint density at radius 3 is 2.61 bits per heavy atom. The summed E-state index contributed by atoms with van der Waals surface area (Å²) in [5.74, 6) is 0.900. The molecule has 1 aliphatic heterocycles. The molecule has 0 aliphatic carbocycles. The van der Waals surface area contributed by atoms with Crippen LogP contribution in [0.25, 0.3) is 0 Å². The number of hydrogen-bond acceptors (Lipinski definition) is 4. The minimum Gasteiger partial charge on any atom is -0.495 e. The van der Waals surface area contributed by atoms with E-state index >= 15 is 0 Å². The molecule has 1 aromatic carbocycles. The van der Waals surface area contributed by atoms with Crippen molar-refractivity contribution in [3.05, 3.63) is 24.3 Å². The third-order valence-electron chi connectivity index (χ3n) is 3.63. The Kier molecular flexibility index (Phi) is 4.09. The Labute approximate surface area is 109 Å². The number of benzene rings is 1. The molecule has 1 fully saturated rings. The molecule has 4 nitrogen and oxygen atoms in total. The van der Waals surface area contributed by atoms with E-state index in [0.717, 1.165) is 37.4 Å². The Balaban J connectivity index is 2.05. The van der Waals surface area contributed by atoms with Crippen LogP contribution in [0.3, 0.4) is 0 Å². The van der Waals surface area contributed by atoms with Crippen LogP contribution in [0.4, 0.5) is 5.69 Å². The first-order valence-electron chi connectivity index (χ1n) is 6.43. The summed E-state index contributed by atoms with van der Waals surface area (Å²) in [6.45, 7) is 2.38. The van der Waals surface area contributed by atoms with Crippen molar-refractivity contribution < 1.29 is 9.84 Å². The van der Waals surface area contributed by atoms with Gasteiger partial charge in [-0.05, 0) is 32.0 Å². The average molecular weight is 250 g/mol. The van der Waals surface area contributed by atoms with Crippen molar-refractivity contribution in [2.24, 2.45) is 0 Å². The van der Waals surface area contributed by atoms with Crippen LogP contribution in [0, 0.1) is 0 Å². The number of aliphatic hydroxyl groups is 1. The van der Waals surface area contributed by atoms with Gasteiger partial charge in [-0.2, -0.15) is 0 Å². The number of para-hydroxylation sites is 2. The van der Waals surface area contributed by atoms with Gasteiger partial charge in [0.25, 0.3) is 0 Å². The van der Waals surface area contributed by atoms with Crippen molar-refractivity contribution in [1.29, 1.82) is 0 Å². The number of piperidine rings is 1. The lowest BCUT2D eigenvalue weighted by atomic mass is 9.91. The van der Waals surface area contributed by atoms with Gasteiger partial charge in [-0.3, -0.25) is 0 Å². The number of anilines is 1. The lowest BCUT2D eigenvalue weighted by Gasteiger charge is -2.39. The van der Waals surface area contributed by atoms with Crippen LogP contribution in [-0.2, 0) is 0 Å². The van der Waals surface area contributed by atoms with Crippen molar-refractivity contribution in [3.63, 3.8) is 0 Å². The predicted octanol–water partition coefficient (Wildman–Crippen LogP) is 1.25. The zero-order chi connectivity index (χ0) is 13.0. The molecule has 0 radical (unpaired) electrons. The maximum Gasteiger partial charge on any atom is 0.142 e. The Bertz CT molecular complexity index is 387. The fraction of sp³-hybridized carbons (Fsp3) is 0.571. The topological polar surface area (TPSA) is 44.7 Å². The van der Waals surface area contributed by atoms with Gasteiger partial charge in [-0.15, -0.1) is 0 Å². The third-order valence-corrected chi connectivity index (χ3v) is 3.63. The summed E-state index contributed by atoms with van der Waals surface area (Å²) in [5.41, 5.74) is 0.555. The van der Waals surface area contributed by atoms with E-state index in [1.54, 1.807) is 7.11 Å². The van der Waals surface area contributed by atoms with E-state index in [9.17, 15) is 5.11 Å². The van der Waals surface area contributed by atoms with Crippen LogP contribution in [0.15, 0.2) is 24.3 Å². The predicted molar refractivity (Wildman–Crippen MR) is 73.3 cm³/mol. The van der Waals surface area contributed by atoms with E-state index in [-0.39, 0.29) is 0 Å². The summed E-state index contributed by atoms with van der Waals surface area (Å²) in [7, 11) is 3.57. The normalized spacial score (nSPS) is 18.7. The van der Waals surface area contributed by atoms with Gasteiger partial charge in [-0.25, -0.2) is 0 Å². The summed E-state index contributed by atoms with van der Waals surface area (Å²) in [6, 6.07) is 8.04. The molecule has 100 valence electrons. The van der Waals surface area contributed by atoms with Crippen molar-refractivity contribution in [3.8, 4) is 5.75 Å². The fourth-order valence-electron chi connectivity index (χ4n) is 2.56. The van der Waals surface area contributed by atoms with Crippen molar-refractivity contribution in [2.45, 2.75) is 18.4 Å². The van der Waals surface area contributed by atoms with E-state index in [4.69, 9.17) is 4.74 Å². The molecule has 2 rings (SSSR count). The Morgan fingerprint density at radius 1 is 1.33 bits per heavy atom. The molecule has 1 saturated heterocycles. The number of ether oxygens (including phenoxy) is 1. The molecule has 4 heteroatoms. The second kappa shape index (κ2) is 5.59. The largest absolute Gasteiger partial charge is 0.495 e. The minimum atomic E-state index is -0.562. The van der Waals surface area contributed by atoms with Gasteiger partial charge in [0.05, 0.1) is 18.4 Å². The van der Waals surface area contributed by atoms with Crippen LogP contribution in [-0.4, -0.2) is 44.5 Å². The zero-order valence-corrected chi connectivity index (χ0v) is 11.1. The molecule has 0 saturated carbocycles. The molecule has 0 spiro atoms. The Hall–Kier alpha value is -1.26. The molecular formula is C14H22N2O2. The average Bonchev–Trinajstić information content (AvgIpc) is 2.40. The summed E-state index contributed by atoms with van der Waals surface area (Å²) in [4.78, 5) is 2.28. The molecule has 0 atom stereocenters. The van der Waals surface area contributed by atoms with Gasteiger partial charge in [0.15, 0.2) is 0 Å². The molecule has 0 unspecified atom stereocenters. The van der Waals surface area contributed by atoms with E-state index in [2.05, 4.69) is 16.3 Å². The number of nitrogens with zero attached hydrogens (tertiary/aromatic N) is 1. The molecule has 0 aromatic heterocycles. The highest BCUT2D eigenvalue weighted by Crippen LogP contribution is 2.32. The van der Waals surface area contributed by atoms with Crippen LogP contribution < -0.4 is 15.0 Å². The smallest absolute Gasteiger partial charge is 0.142 e. The summed E-state index contributed by atoms with van der Waals surface area (Å²) in [5, 5.41) is 13.4. The maximum atomic E-state index is 10.3. The molecule has 1 aromatic rings. The van der Waals surface area contributed by atoms with Crippen LogP contribution >= 0.6 is 0 Å². The van der Waals surface area contributed by atoms with Gasteiger partial charge in [0.1, 0.15) is 5.75 Å². The van der Waals surface area contributed by atoms with Crippen LogP contribution in [0.1, 0.15) is 12.8 Å². The highest BCUT2D eigenvalue weighted by atomic mass is 16.5. The minimum absolute atomic E-state index is 0.562. The lowest BCUT2D eigenvalue weighted by molar-refractivity contribution is 0.0184. The van der Waals surface area contributed by atoms with E-state index in [1.165, 1.54) is 0 Å². The fourth-order valence-corrected chi connectivity index (χ4v) is 2.56. The van der Waals surface area contributed by atoms with E-state index in [0.29, 0.717) is 6.54 Å². The first-order valence-corrected chi connectivity index (χ1v) is 6.43. The summed E-state index contributed by atoms with van der Waals surface area (Å²) < 4.78 is 5.38. The number of rotatable bonds is 4. The summed E-state index contributed by atoms with van der Waals surface area (Å²) >= 11 is 0. The van der Waals surface area contributed by atoms with E-state index < -0.39 is 5.60 Å². The first-order chi connectivity index (χ1) is 8.68. The maximum absolute atomic E-state index is 10.3. The zero-order valence-electron chi connectivity index (χ0n) is 11.1. The van der Waals surface area contributed by atoms with Gasteiger partial charge in [-0.1, -0.05) is 12.1 Å². The lowest BCUT2D eigenvalue weighted by Crippen LogP contribution is -2.49. The Morgan fingerprint density at radius 2 is 2.00 bits per heavy atom. The molecule has 1 heterocycles. The second-order valence-electron chi connectivity index (χ2n) is 4.91. The van der Waals surface area contributed by atoms with Crippen LogP contribution in [0.5, 0.6) is 5.75 Å². The highest BCUT2D eigenvalue weighted by molar-refractivity contribution is 5.58. The van der Waals surface area contributed by atoms with E-state index in [1.807, 2.05) is 25.2 Å². The molecule has 0 amide bonds. The third kappa shape index (κ3) is 2.76. The number of hydrogen-bond donors (Lipinski definition) is 2. The molecule has 2 N–H and O–H groups in total. The molecular weight excluding hydrogens is 228 g/mol. The van der Waals surface area contributed by atoms with Gasteiger partial charge in [0, 0.05) is 19.6 Å². The summed E-state index contributed by atoms with van der Waals surface area (Å²) in [6.07, 6.45) is 1.57. The van der Waals surface area contributed by atoms with Gasteiger partial charge < -0.3 is 20.1 Å². The van der Waals surface area contributed by atoms with Crippen molar-refractivity contribution in [1.82, 2.24) is 5.32 Å². The molecule has 1 aliphatic rings. The second-order valence-corrected chi connectivity index (χ2v) is 4.91. The number of likely N-dealkylation sites (N-methyl/N-ethyl adjacent to an activating group) is 1.